The molecule has 0 rings (SSSR count). The van der Waals surface area contributed by atoms with Gasteiger partial charge in [0.15, 0.2) is 0 Å². The van der Waals surface area contributed by atoms with Crippen molar-refractivity contribution in [2.75, 3.05) is 0 Å². The minimum atomic E-state index is -5.93. The van der Waals surface area contributed by atoms with Gasteiger partial charge in [0.25, 0.3) is 5.60 Å². The summed E-state index contributed by atoms with van der Waals surface area (Å²) in [6.45, 7) is 4.13. The Morgan fingerprint density at radius 3 is 1.58 bits per heavy atom. The van der Waals surface area contributed by atoms with Gasteiger partial charge >= 0.3 is 12.4 Å². The molecule has 0 fully saturated rings. The van der Waals surface area contributed by atoms with Crippen molar-refractivity contribution in [3.05, 3.63) is 0 Å². The average Bonchev–Trinajstić information content (AvgIpc) is 2.21. The molecule has 0 aliphatic carbocycles. The Morgan fingerprint density at radius 1 is 1.00 bits per heavy atom. The van der Waals surface area contributed by atoms with E-state index in [0.29, 0.717) is 0 Å². The average molecular weight is 295 g/mol. The fourth-order valence-electron chi connectivity index (χ4n) is 1.22. The molecule has 0 radical (unpaired) electrons. The number of halogens is 6. The normalized spacial score (nSPS) is 15.8. The lowest BCUT2D eigenvalue weighted by Crippen LogP contribution is -2.58. The Hall–Kier alpha value is -0.990. The van der Waals surface area contributed by atoms with Crippen molar-refractivity contribution >= 4 is 5.71 Å². The lowest BCUT2D eigenvalue weighted by atomic mass is 9.78. The molecule has 0 saturated carbocycles. The van der Waals surface area contributed by atoms with E-state index in [4.69, 9.17) is 10.3 Å². The lowest BCUT2D eigenvalue weighted by Gasteiger charge is -2.35. The molecule has 0 aliphatic rings. The van der Waals surface area contributed by atoms with Crippen LogP contribution in [0.1, 0.15) is 33.6 Å². The van der Waals surface area contributed by atoms with Crippen molar-refractivity contribution in [2.24, 2.45) is 10.6 Å². The predicted molar refractivity (Wildman–Crippen MR) is 55.0 cm³/mol. The second kappa shape index (κ2) is 5.18. The molecule has 114 valence electrons. The van der Waals surface area contributed by atoms with Crippen LogP contribution in [0.4, 0.5) is 26.3 Å². The van der Waals surface area contributed by atoms with Crippen molar-refractivity contribution in [1.29, 1.82) is 0 Å². The molecule has 0 saturated heterocycles. The second-order valence-corrected chi connectivity index (χ2v) is 4.82. The van der Waals surface area contributed by atoms with Gasteiger partial charge in [-0.25, -0.2) is 0 Å². The maximum absolute atomic E-state index is 12.5. The molecular weight excluding hydrogens is 280 g/mol. The summed E-state index contributed by atoms with van der Waals surface area (Å²) in [5.74, 6) is 0. The number of oxime groups is 1. The molecule has 9 heteroatoms. The topological polar surface area (TPSA) is 52.8 Å². The van der Waals surface area contributed by atoms with Crippen LogP contribution in [0, 0.1) is 5.41 Å². The summed E-state index contributed by atoms with van der Waals surface area (Å²) in [5, 5.41) is 20.1. The van der Waals surface area contributed by atoms with Gasteiger partial charge in [0.2, 0.25) is 0 Å². The summed E-state index contributed by atoms with van der Waals surface area (Å²) in [6, 6.07) is 0. The number of hydrogen-bond acceptors (Lipinski definition) is 3. The molecule has 0 amide bonds. The highest BCUT2D eigenvalue weighted by Gasteiger charge is 2.70. The molecule has 0 aromatic rings. The number of nitrogens with zero attached hydrogens (tertiary/aromatic N) is 1. The van der Waals surface area contributed by atoms with Gasteiger partial charge in [-0.05, 0) is 6.42 Å². The monoisotopic (exact) mass is 295 g/mol. The highest BCUT2D eigenvalue weighted by molar-refractivity contribution is 5.90. The highest BCUT2D eigenvalue weighted by Crippen LogP contribution is 2.46. The van der Waals surface area contributed by atoms with Crippen molar-refractivity contribution in [3.63, 3.8) is 0 Å². The van der Waals surface area contributed by atoms with Crippen LogP contribution < -0.4 is 0 Å². The predicted octanol–water partition coefficient (Wildman–Crippen LogP) is 3.50. The highest BCUT2D eigenvalue weighted by atomic mass is 19.4. The first-order valence-electron chi connectivity index (χ1n) is 5.30. The fraction of sp³-hybridized carbons (Fsp3) is 0.900. The van der Waals surface area contributed by atoms with Gasteiger partial charge in [-0.3, -0.25) is 0 Å². The SMILES string of the molecule is CCC(C)(C)/C(CC(O)(C(F)(F)F)C(F)(F)F)=N\O. The van der Waals surface area contributed by atoms with Gasteiger partial charge in [-0.15, -0.1) is 0 Å². The molecule has 3 nitrogen and oxygen atoms in total. The van der Waals surface area contributed by atoms with Crippen molar-refractivity contribution in [3.8, 4) is 0 Å². The zero-order valence-corrected chi connectivity index (χ0v) is 10.5. The molecular formula is C10H15F6NO2. The molecule has 0 aliphatic heterocycles. The van der Waals surface area contributed by atoms with Crippen LogP contribution in [0.25, 0.3) is 0 Å². The number of rotatable bonds is 4. The Kier molecular flexibility index (Phi) is 4.91. The first-order chi connectivity index (χ1) is 8.23. The molecule has 0 spiro atoms. The zero-order chi connectivity index (χ0) is 15.7. The van der Waals surface area contributed by atoms with Crippen LogP contribution in [-0.4, -0.2) is 34.0 Å². The summed E-state index contributed by atoms with van der Waals surface area (Å²) in [4.78, 5) is 0. The van der Waals surface area contributed by atoms with E-state index in [1.54, 1.807) is 0 Å². The molecule has 0 atom stereocenters. The Morgan fingerprint density at radius 2 is 1.37 bits per heavy atom. The molecule has 0 bridgehead atoms. The minimum absolute atomic E-state index is 0.137. The van der Waals surface area contributed by atoms with Gasteiger partial charge in [0.1, 0.15) is 0 Å². The van der Waals surface area contributed by atoms with E-state index in [2.05, 4.69) is 5.16 Å². The summed E-state index contributed by atoms with van der Waals surface area (Å²) >= 11 is 0. The van der Waals surface area contributed by atoms with E-state index in [1.165, 1.54) is 20.8 Å². The number of hydrogen-bond donors (Lipinski definition) is 2. The molecule has 0 unspecified atom stereocenters. The summed E-state index contributed by atoms with van der Waals surface area (Å²) in [7, 11) is 0. The summed E-state index contributed by atoms with van der Waals surface area (Å²) < 4.78 is 74.9. The van der Waals surface area contributed by atoms with Crippen LogP contribution in [0.2, 0.25) is 0 Å². The van der Waals surface area contributed by atoms with E-state index in [-0.39, 0.29) is 6.42 Å². The largest absolute Gasteiger partial charge is 0.426 e. The number of aliphatic hydroxyl groups is 1. The van der Waals surface area contributed by atoms with E-state index in [0.717, 1.165) is 0 Å². The van der Waals surface area contributed by atoms with E-state index < -0.39 is 35.5 Å². The standard InChI is InChI=1S/C10H15F6NO2/c1-4-7(2,3)6(17-19)5-8(18,9(11,12)13)10(14,15)16/h18-19H,4-5H2,1-3H3/b17-6-. The van der Waals surface area contributed by atoms with Gasteiger partial charge in [-0.2, -0.15) is 26.3 Å². The molecule has 19 heavy (non-hydrogen) atoms. The fourth-order valence-corrected chi connectivity index (χ4v) is 1.22. The third kappa shape index (κ3) is 3.52. The lowest BCUT2D eigenvalue weighted by molar-refractivity contribution is -0.365. The maximum Gasteiger partial charge on any atom is 0.426 e. The van der Waals surface area contributed by atoms with Gasteiger partial charge in [-0.1, -0.05) is 25.9 Å². The minimum Gasteiger partial charge on any atom is -0.411 e. The Labute approximate surface area is 105 Å². The summed E-state index contributed by atoms with van der Waals surface area (Å²) in [5.41, 5.74) is -6.92. The zero-order valence-electron chi connectivity index (χ0n) is 10.5. The Bertz CT molecular complexity index is 331. The second-order valence-electron chi connectivity index (χ2n) is 4.82. The van der Waals surface area contributed by atoms with Crippen molar-refractivity contribution < 1.29 is 36.7 Å². The quantitative estimate of drug-likeness (QED) is 0.361. The van der Waals surface area contributed by atoms with E-state index >= 15 is 0 Å². The van der Waals surface area contributed by atoms with Crippen LogP contribution in [0.15, 0.2) is 5.16 Å². The third-order valence-electron chi connectivity index (χ3n) is 3.15. The number of alkyl halides is 6. The van der Waals surface area contributed by atoms with E-state index in [9.17, 15) is 26.3 Å². The van der Waals surface area contributed by atoms with Crippen LogP contribution in [0.3, 0.4) is 0 Å². The van der Waals surface area contributed by atoms with Crippen molar-refractivity contribution in [1.82, 2.24) is 0 Å². The van der Waals surface area contributed by atoms with Gasteiger partial charge in [0.05, 0.1) is 5.71 Å². The third-order valence-corrected chi connectivity index (χ3v) is 3.15. The summed E-state index contributed by atoms with van der Waals surface area (Å²) in [6.07, 6.45) is -13.6. The van der Waals surface area contributed by atoms with Gasteiger partial charge in [0, 0.05) is 11.8 Å². The van der Waals surface area contributed by atoms with Crippen molar-refractivity contribution in [2.45, 2.75) is 51.6 Å². The van der Waals surface area contributed by atoms with Crippen LogP contribution in [-0.2, 0) is 0 Å². The molecule has 2 N–H and O–H groups in total. The van der Waals surface area contributed by atoms with Crippen LogP contribution >= 0.6 is 0 Å². The molecule has 0 aromatic heterocycles. The molecule has 0 heterocycles. The van der Waals surface area contributed by atoms with E-state index in [1.807, 2.05) is 0 Å². The maximum atomic E-state index is 12.5. The molecule has 0 aromatic carbocycles. The van der Waals surface area contributed by atoms with Crippen LogP contribution in [0.5, 0.6) is 0 Å². The first-order valence-corrected chi connectivity index (χ1v) is 5.30. The first kappa shape index (κ1) is 18.0. The smallest absolute Gasteiger partial charge is 0.411 e. The Balaban J connectivity index is 5.62. The van der Waals surface area contributed by atoms with Gasteiger partial charge < -0.3 is 10.3 Å².